The summed E-state index contributed by atoms with van der Waals surface area (Å²) in [5, 5.41) is 3.11. The maximum atomic E-state index is 12.6. The lowest BCUT2D eigenvalue weighted by Crippen LogP contribution is -2.44. The Kier molecular flexibility index (Phi) is 3.76. The van der Waals surface area contributed by atoms with E-state index in [1.54, 1.807) is 0 Å². The third-order valence-corrected chi connectivity index (χ3v) is 4.68. The van der Waals surface area contributed by atoms with Gasteiger partial charge in [-0.25, -0.2) is 0 Å². The quantitative estimate of drug-likeness (QED) is 0.890. The second-order valence-electron chi connectivity index (χ2n) is 6.00. The fraction of sp³-hybridized carbons (Fsp3) is 0.562. The molecule has 5 heteroatoms. The first-order valence-electron chi connectivity index (χ1n) is 7.55. The number of hydrogen-bond acceptors (Lipinski definition) is 4. The van der Waals surface area contributed by atoms with Gasteiger partial charge in [-0.15, -0.1) is 0 Å². The lowest BCUT2D eigenvalue weighted by Gasteiger charge is -2.28. The monoisotopic (exact) mass is 290 g/mol. The van der Waals surface area contributed by atoms with Crippen LogP contribution < -0.4 is 20.5 Å². The van der Waals surface area contributed by atoms with Crippen LogP contribution in [0, 0.1) is 5.41 Å². The van der Waals surface area contributed by atoms with Gasteiger partial charge in [-0.05, 0) is 37.5 Å². The Balaban J connectivity index is 1.71. The number of rotatable bonds is 4. The molecule has 1 aliphatic heterocycles. The van der Waals surface area contributed by atoms with E-state index in [1.165, 1.54) is 0 Å². The molecular weight excluding hydrogens is 268 g/mol. The van der Waals surface area contributed by atoms with Gasteiger partial charge in [0, 0.05) is 6.54 Å². The van der Waals surface area contributed by atoms with E-state index in [0.717, 1.165) is 42.7 Å². The molecule has 21 heavy (non-hydrogen) atoms. The van der Waals surface area contributed by atoms with Crippen molar-refractivity contribution in [2.24, 2.45) is 11.1 Å². The molecule has 3 rings (SSSR count). The number of fused-ring (bicyclic) bond motifs is 1. The fourth-order valence-corrected chi connectivity index (χ4v) is 3.19. The lowest BCUT2D eigenvalue weighted by atomic mass is 9.85. The van der Waals surface area contributed by atoms with E-state index >= 15 is 0 Å². The van der Waals surface area contributed by atoms with Crippen molar-refractivity contribution in [1.82, 2.24) is 5.32 Å². The highest BCUT2D eigenvalue weighted by Gasteiger charge is 2.40. The maximum Gasteiger partial charge on any atom is 0.231 e. The van der Waals surface area contributed by atoms with Gasteiger partial charge in [0.2, 0.25) is 12.7 Å². The van der Waals surface area contributed by atoms with Crippen LogP contribution in [0.4, 0.5) is 0 Å². The number of nitrogens with one attached hydrogen (secondary N) is 1. The summed E-state index contributed by atoms with van der Waals surface area (Å²) >= 11 is 0. The minimum absolute atomic E-state index is 0.0731. The van der Waals surface area contributed by atoms with Gasteiger partial charge in [0.15, 0.2) is 11.5 Å². The van der Waals surface area contributed by atoms with Crippen molar-refractivity contribution in [3.05, 3.63) is 23.8 Å². The van der Waals surface area contributed by atoms with E-state index in [0.29, 0.717) is 6.54 Å². The summed E-state index contributed by atoms with van der Waals surface area (Å²) in [7, 11) is 0. The molecule has 3 N–H and O–H groups in total. The van der Waals surface area contributed by atoms with Crippen LogP contribution in [0.2, 0.25) is 0 Å². The summed E-state index contributed by atoms with van der Waals surface area (Å²) < 4.78 is 10.7. The zero-order valence-electron chi connectivity index (χ0n) is 12.4. The number of hydrogen-bond donors (Lipinski definition) is 2. The maximum absolute atomic E-state index is 12.6. The van der Waals surface area contributed by atoms with Crippen LogP contribution in [0.5, 0.6) is 11.5 Å². The second kappa shape index (κ2) is 5.56. The van der Waals surface area contributed by atoms with Crippen molar-refractivity contribution in [3.8, 4) is 11.5 Å². The molecule has 0 aromatic heterocycles. The molecule has 1 aromatic rings. The molecule has 1 aliphatic carbocycles. The van der Waals surface area contributed by atoms with Crippen LogP contribution in [-0.2, 0) is 4.79 Å². The lowest BCUT2D eigenvalue weighted by molar-refractivity contribution is -0.131. The van der Waals surface area contributed by atoms with Gasteiger partial charge < -0.3 is 20.5 Å². The normalized spacial score (nSPS) is 20.3. The molecule has 2 aliphatic rings. The van der Waals surface area contributed by atoms with E-state index in [9.17, 15) is 4.79 Å². The predicted octanol–water partition coefficient (Wildman–Crippen LogP) is 2.11. The number of carbonyl (C=O) groups is 1. The van der Waals surface area contributed by atoms with Crippen LogP contribution in [0.3, 0.4) is 0 Å². The highest BCUT2D eigenvalue weighted by molar-refractivity contribution is 5.83. The zero-order valence-corrected chi connectivity index (χ0v) is 12.4. The number of benzene rings is 1. The van der Waals surface area contributed by atoms with Gasteiger partial charge in [0.1, 0.15) is 0 Å². The van der Waals surface area contributed by atoms with E-state index in [2.05, 4.69) is 5.32 Å². The third kappa shape index (κ3) is 2.58. The van der Waals surface area contributed by atoms with Gasteiger partial charge in [-0.1, -0.05) is 18.9 Å². The predicted molar refractivity (Wildman–Crippen MR) is 79.1 cm³/mol. The first kappa shape index (κ1) is 14.2. The van der Waals surface area contributed by atoms with Gasteiger partial charge in [0.25, 0.3) is 0 Å². The van der Waals surface area contributed by atoms with Gasteiger partial charge in [0.05, 0.1) is 11.5 Å². The molecule has 0 bridgehead atoms. The summed E-state index contributed by atoms with van der Waals surface area (Å²) in [4.78, 5) is 12.6. The largest absolute Gasteiger partial charge is 0.454 e. The van der Waals surface area contributed by atoms with Gasteiger partial charge >= 0.3 is 0 Å². The van der Waals surface area contributed by atoms with Crippen LogP contribution >= 0.6 is 0 Å². The smallest absolute Gasteiger partial charge is 0.231 e. The Bertz CT molecular complexity index is 538. The average Bonchev–Trinajstić information content (AvgIpc) is 3.15. The Morgan fingerprint density at radius 3 is 2.76 bits per heavy atom. The summed E-state index contributed by atoms with van der Waals surface area (Å²) in [6.45, 7) is 2.66. The van der Waals surface area contributed by atoms with Gasteiger partial charge in [-0.2, -0.15) is 0 Å². The molecule has 1 aromatic carbocycles. The molecule has 1 unspecified atom stereocenters. The van der Waals surface area contributed by atoms with E-state index < -0.39 is 0 Å². The molecule has 5 nitrogen and oxygen atoms in total. The SMILES string of the molecule is CC(NC(=O)C1(CN)CCCC1)c1ccc2c(c1)OCO2. The molecule has 1 fully saturated rings. The first-order chi connectivity index (χ1) is 10.1. The fourth-order valence-electron chi connectivity index (χ4n) is 3.19. The molecule has 1 amide bonds. The van der Waals surface area contributed by atoms with E-state index in [4.69, 9.17) is 15.2 Å². The minimum Gasteiger partial charge on any atom is -0.454 e. The summed E-state index contributed by atoms with van der Waals surface area (Å²) in [6.07, 6.45) is 3.96. The van der Waals surface area contributed by atoms with Crippen molar-refractivity contribution < 1.29 is 14.3 Å². The van der Waals surface area contributed by atoms with E-state index in [1.807, 2.05) is 25.1 Å². The zero-order chi connectivity index (χ0) is 14.9. The van der Waals surface area contributed by atoms with E-state index in [-0.39, 0.29) is 24.2 Å². The summed E-state index contributed by atoms with van der Waals surface area (Å²) in [5.74, 6) is 1.57. The summed E-state index contributed by atoms with van der Waals surface area (Å²) in [5.41, 5.74) is 6.50. The Hall–Kier alpha value is -1.75. The molecule has 0 saturated heterocycles. The van der Waals surface area contributed by atoms with Crippen molar-refractivity contribution >= 4 is 5.91 Å². The average molecular weight is 290 g/mol. The first-order valence-corrected chi connectivity index (χ1v) is 7.55. The standard InChI is InChI=1S/C16H22N2O3/c1-11(12-4-5-13-14(8-12)21-10-20-13)18-15(19)16(9-17)6-2-3-7-16/h4-5,8,11H,2-3,6-7,9-10,17H2,1H3,(H,18,19). The Morgan fingerprint density at radius 1 is 1.33 bits per heavy atom. The second-order valence-corrected chi connectivity index (χ2v) is 6.00. The molecular formula is C16H22N2O3. The molecule has 0 radical (unpaired) electrons. The number of carbonyl (C=O) groups excluding carboxylic acids is 1. The highest BCUT2D eigenvalue weighted by atomic mass is 16.7. The van der Waals surface area contributed by atoms with Crippen LogP contribution in [0.25, 0.3) is 0 Å². The van der Waals surface area contributed by atoms with Crippen LogP contribution in [0.15, 0.2) is 18.2 Å². The number of ether oxygens (including phenoxy) is 2. The van der Waals surface area contributed by atoms with Crippen molar-refractivity contribution in [3.63, 3.8) is 0 Å². The van der Waals surface area contributed by atoms with Crippen molar-refractivity contribution in [1.29, 1.82) is 0 Å². The topological polar surface area (TPSA) is 73.6 Å². The molecule has 0 spiro atoms. The molecule has 1 atom stereocenters. The molecule has 114 valence electrons. The minimum atomic E-state index is -0.370. The van der Waals surface area contributed by atoms with Crippen molar-refractivity contribution in [2.75, 3.05) is 13.3 Å². The molecule has 1 heterocycles. The Labute approximate surface area is 124 Å². The number of amides is 1. The van der Waals surface area contributed by atoms with Crippen LogP contribution in [0.1, 0.15) is 44.2 Å². The Morgan fingerprint density at radius 2 is 2.05 bits per heavy atom. The number of nitrogens with two attached hydrogens (primary N) is 1. The highest BCUT2D eigenvalue weighted by Crippen LogP contribution is 2.38. The third-order valence-electron chi connectivity index (χ3n) is 4.68. The van der Waals surface area contributed by atoms with Crippen LogP contribution in [-0.4, -0.2) is 19.2 Å². The summed E-state index contributed by atoms with van der Waals surface area (Å²) in [6, 6.07) is 5.70. The van der Waals surface area contributed by atoms with Gasteiger partial charge in [-0.3, -0.25) is 4.79 Å². The van der Waals surface area contributed by atoms with Crippen molar-refractivity contribution in [2.45, 2.75) is 38.6 Å². The molecule has 1 saturated carbocycles.